The van der Waals surface area contributed by atoms with Gasteiger partial charge in [0.15, 0.2) is 0 Å². The zero-order valence-corrected chi connectivity index (χ0v) is 8.73. The van der Waals surface area contributed by atoms with E-state index in [1.807, 2.05) is 0 Å². The third-order valence-corrected chi connectivity index (χ3v) is 2.87. The van der Waals surface area contributed by atoms with Crippen molar-refractivity contribution >= 4 is 23.6 Å². The van der Waals surface area contributed by atoms with Gasteiger partial charge in [0.1, 0.15) is 0 Å². The Morgan fingerprint density at radius 2 is 2.36 bits per heavy atom. The number of nitrogens with two attached hydrogens (primary N) is 1. The molecule has 0 saturated carbocycles. The highest BCUT2D eigenvalue weighted by atomic mass is 32.2. The predicted octanol–water partition coefficient (Wildman–Crippen LogP) is -0.969. The minimum atomic E-state index is -0.325. The molecule has 4 N–H and O–H groups in total. The molecule has 0 spiro atoms. The molecule has 1 rings (SSSR count). The molecule has 6 heteroatoms. The summed E-state index contributed by atoms with van der Waals surface area (Å²) in [6.45, 7) is 0.518. The molecule has 5 nitrogen and oxygen atoms in total. The molecule has 14 heavy (non-hydrogen) atoms. The Labute approximate surface area is 87.2 Å². The van der Waals surface area contributed by atoms with Gasteiger partial charge in [0.25, 0.3) is 0 Å². The number of nitrogens with one attached hydrogen (secondary N) is 2. The van der Waals surface area contributed by atoms with Gasteiger partial charge in [0, 0.05) is 24.6 Å². The quantitative estimate of drug-likeness (QED) is 0.517. The van der Waals surface area contributed by atoms with Crippen molar-refractivity contribution in [3.8, 4) is 0 Å². The van der Waals surface area contributed by atoms with Crippen molar-refractivity contribution in [2.75, 3.05) is 18.2 Å². The molecule has 1 aliphatic heterocycles. The van der Waals surface area contributed by atoms with Gasteiger partial charge in [0.05, 0.1) is 6.04 Å². The Morgan fingerprint density at radius 1 is 1.57 bits per heavy atom. The third kappa shape index (κ3) is 3.97. The van der Waals surface area contributed by atoms with Crippen LogP contribution in [0.4, 0.5) is 0 Å². The number of hydrogen-bond donors (Lipinski definition) is 3. The molecule has 1 atom stereocenters. The van der Waals surface area contributed by atoms with E-state index in [-0.39, 0.29) is 17.9 Å². The van der Waals surface area contributed by atoms with E-state index in [1.54, 1.807) is 11.8 Å². The van der Waals surface area contributed by atoms with Crippen LogP contribution >= 0.6 is 11.8 Å². The van der Waals surface area contributed by atoms with E-state index in [4.69, 9.17) is 5.73 Å². The second-order valence-corrected chi connectivity index (χ2v) is 4.16. The molecule has 0 radical (unpaired) electrons. The lowest BCUT2D eigenvalue weighted by Gasteiger charge is -2.09. The second-order valence-electron chi connectivity index (χ2n) is 3.13. The Hall–Kier alpha value is -0.750. The summed E-state index contributed by atoms with van der Waals surface area (Å²) in [6, 6.07) is -0.0754. The molecule has 1 heterocycles. The first-order chi connectivity index (χ1) is 6.70. The third-order valence-electron chi connectivity index (χ3n) is 1.93. The Bertz CT molecular complexity index is 217. The van der Waals surface area contributed by atoms with E-state index in [0.29, 0.717) is 19.4 Å². The van der Waals surface area contributed by atoms with Gasteiger partial charge < -0.3 is 11.1 Å². The summed E-state index contributed by atoms with van der Waals surface area (Å²) in [5.74, 6) is 1.34. The second kappa shape index (κ2) is 5.87. The van der Waals surface area contributed by atoms with Crippen LogP contribution < -0.4 is 16.4 Å². The van der Waals surface area contributed by atoms with Crippen LogP contribution in [-0.2, 0) is 9.59 Å². The highest BCUT2D eigenvalue weighted by molar-refractivity contribution is 7.99. The molecular formula is C8H15N3O2S. The molecule has 1 aliphatic rings. The highest BCUT2D eigenvalue weighted by Gasteiger charge is 2.21. The first kappa shape index (κ1) is 11.3. The monoisotopic (exact) mass is 217 g/mol. The number of primary amides is 1. The van der Waals surface area contributed by atoms with Crippen LogP contribution in [0.5, 0.6) is 0 Å². The largest absolute Gasteiger partial charge is 0.370 e. The number of carbonyl (C=O) groups is 2. The normalized spacial score (nSPS) is 20.7. The van der Waals surface area contributed by atoms with Gasteiger partial charge in [-0.15, -0.1) is 11.8 Å². The van der Waals surface area contributed by atoms with Crippen molar-refractivity contribution < 1.29 is 9.59 Å². The maximum atomic E-state index is 11.4. The van der Waals surface area contributed by atoms with E-state index in [1.165, 1.54) is 0 Å². The van der Waals surface area contributed by atoms with Crippen LogP contribution in [-0.4, -0.2) is 36.0 Å². The summed E-state index contributed by atoms with van der Waals surface area (Å²) >= 11 is 1.71. The number of carbonyl (C=O) groups excluding carboxylic acids is 2. The van der Waals surface area contributed by atoms with Crippen molar-refractivity contribution in [2.24, 2.45) is 5.73 Å². The van der Waals surface area contributed by atoms with Gasteiger partial charge in [0.2, 0.25) is 11.8 Å². The first-order valence-electron chi connectivity index (χ1n) is 4.57. The lowest BCUT2D eigenvalue weighted by Crippen LogP contribution is -2.42. The molecule has 1 fully saturated rings. The summed E-state index contributed by atoms with van der Waals surface area (Å²) in [5, 5.41) is 5.82. The molecule has 1 saturated heterocycles. The summed E-state index contributed by atoms with van der Waals surface area (Å²) in [4.78, 5) is 21.8. The Balaban J connectivity index is 2.05. The zero-order valence-electron chi connectivity index (χ0n) is 7.91. The minimum absolute atomic E-state index is 0.0134. The number of hydrogen-bond acceptors (Lipinski definition) is 4. The Morgan fingerprint density at radius 3 is 2.93 bits per heavy atom. The van der Waals surface area contributed by atoms with Crippen molar-refractivity contribution in [3.63, 3.8) is 0 Å². The molecule has 0 aromatic rings. The van der Waals surface area contributed by atoms with E-state index >= 15 is 0 Å². The summed E-state index contributed by atoms with van der Waals surface area (Å²) in [6.07, 6.45) is 0.939. The zero-order chi connectivity index (χ0) is 10.4. The molecule has 2 amide bonds. The first-order valence-corrected chi connectivity index (χ1v) is 5.73. The topological polar surface area (TPSA) is 84.2 Å². The smallest absolute Gasteiger partial charge is 0.238 e. The fraction of sp³-hybridized carbons (Fsp3) is 0.750. The molecule has 0 aliphatic carbocycles. The SMILES string of the molecule is NC(=O)CCCNC(=O)C1CSCN1. The molecule has 0 bridgehead atoms. The van der Waals surface area contributed by atoms with Gasteiger partial charge >= 0.3 is 0 Å². The molecular weight excluding hydrogens is 202 g/mol. The van der Waals surface area contributed by atoms with Crippen LogP contribution in [0.25, 0.3) is 0 Å². The average Bonchev–Trinajstić information content (AvgIpc) is 2.64. The van der Waals surface area contributed by atoms with Crippen LogP contribution in [0, 0.1) is 0 Å². The van der Waals surface area contributed by atoms with Crippen LogP contribution in [0.3, 0.4) is 0 Å². The Kier molecular flexibility index (Phi) is 4.75. The van der Waals surface area contributed by atoms with Gasteiger partial charge in [-0.25, -0.2) is 0 Å². The molecule has 80 valence electrons. The van der Waals surface area contributed by atoms with Crippen molar-refractivity contribution in [3.05, 3.63) is 0 Å². The molecule has 0 aromatic carbocycles. The maximum Gasteiger partial charge on any atom is 0.238 e. The molecule has 1 unspecified atom stereocenters. The maximum absolute atomic E-state index is 11.4. The van der Waals surface area contributed by atoms with E-state index in [0.717, 1.165) is 11.6 Å². The van der Waals surface area contributed by atoms with E-state index < -0.39 is 0 Å². The van der Waals surface area contributed by atoms with Gasteiger partial charge in [-0.05, 0) is 6.42 Å². The predicted molar refractivity (Wildman–Crippen MR) is 55.7 cm³/mol. The van der Waals surface area contributed by atoms with Crippen LogP contribution in [0.1, 0.15) is 12.8 Å². The summed E-state index contributed by atoms with van der Waals surface area (Å²) < 4.78 is 0. The number of amides is 2. The summed E-state index contributed by atoms with van der Waals surface area (Å²) in [7, 11) is 0. The average molecular weight is 217 g/mol. The standard InChI is InChI=1S/C8H15N3O2S/c9-7(12)2-1-3-10-8(13)6-4-14-5-11-6/h6,11H,1-5H2,(H2,9,12)(H,10,13). The fourth-order valence-electron chi connectivity index (χ4n) is 1.16. The van der Waals surface area contributed by atoms with Crippen molar-refractivity contribution in [1.82, 2.24) is 10.6 Å². The van der Waals surface area contributed by atoms with Gasteiger partial charge in [-0.3, -0.25) is 14.9 Å². The highest BCUT2D eigenvalue weighted by Crippen LogP contribution is 2.09. The fourth-order valence-corrected chi connectivity index (χ4v) is 2.10. The number of thioether (sulfide) groups is 1. The van der Waals surface area contributed by atoms with Crippen molar-refractivity contribution in [1.29, 1.82) is 0 Å². The van der Waals surface area contributed by atoms with E-state index in [9.17, 15) is 9.59 Å². The number of rotatable bonds is 5. The summed E-state index contributed by atoms with van der Waals surface area (Å²) in [5.41, 5.74) is 4.96. The molecule has 0 aromatic heterocycles. The van der Waals surface area contributed by atoms with Crippen molar-refractivity contribution in [2.45, 2.75) is 18.9 Å². The van der Waals surface area contributed by atoms with Gasteiger partial charge in [-0.2, -0.15) is 0 Å². The van der Waals surface area contributed by atoms with Gasteiger partial charge in [-0.1, -0.05) is 0 Å². The van der Waals surface area contributed by atoms with Crippen LogP contribution in [0.15, 0.2) is 0 Å². The lowest BCUT2D eigenvalue weighted by molar-refractivity contribution is -0.123. The van der Waals surface area contributed by atoms with Crippen LogP contribution in [0.2, 0.25) is 0 Å². The lowest BCUT2D eigenvalue weighted by atomic mass is 10.2. The minimum Gasteiger partial charge on any atom is -0.370 e. The van der Waals surface area contributed by atoms with E-state index in [2.05, 4.69) is 10.6 Å².